The van der Waals surface area contributed by atoms with E-state index in [1.165, 1.54) is 18.4 Å². The molecule has 0 aliphatic rings. The Bertz CT molecular complexity index is 1090. The number of nitrogens with zero attached hydrogens (tertiary/aromatic N) is 4. The Kier molecular flexibility index (Phi) is 5.14. The molecule has 0 bridgehead atoms. The Morgan fingerprint density at radius 3 is 2.66 bits per heavy atom. The summed E-state index contributed by atoms with van der Waals surface area (Å²) in [5.41, 5.74) is 0.615. The van der Waals surface area contributed by atoms with Gasteiger partial charge in [-0.2, -0.15) is 9.97 Å². The average molecular weight is 397 g/mol. The normalized spacial score (nSPS) is 12.1. The maximum Gasteiger partial charge on any atom is 0.249 e. The molecule has 0 saturated heterocycles. The molecule has 1 amide bonds. The van der Waals surface area contributed by atoms with Crippen molar-refractivity contribution in [1.29, 1.82) is 0 Å². The zero-order chi connectivity index (χ0) is 20.2. The Labute approximate surface area is 163 Å². The van der Waals surface area contributed by atoms with Crippen molar-refractivity contribution in [2.75, 3.05) is 0 Å². The van der Waals surface area contributed by atoms with Gasteiger partial charge in [0.15, 0.2) is 5.76 Å². The third kappa shape index (κ3) is 4.37. The summed E-state index contributed by atoms with van der Waals surface area (Å²) in [7, 11) is 0. The predicted molar refractivity (Wildman–Crippen MR) is 96.6 cm³/mol. The molecule has 148 valence electrons. The molecule has 1 atom stereocenters. The molecular weight excluding hydrogens is 381 g/mol. The lowest BCUT2D eigenvalue weighted by atomic mass is 10.2. The lowest BCUT2D eigenvalue weighted by Crippen LogP contribution is -2.27. The van der Waals surface area contributed by atoms with E-state index in [1.807, 2.05) is 0 Å². The van der Waals surface area contributed by atoms with Gasteiger partial charge in [0.2, 0.25) is 29.3 Å². The second kappa shape index (κ2) is 8.05. The van der Waals surface area contributed by atoms with Crippen molar-refractivity contribution in [2.24, 2.45) is 0 Å². The number of furan rings is 1. The highest BCUT2D eigenvalue weighted by Crippen LogP contribution is 2.19. The highest BCUT2D eigenvalue weighted by Gasteiger charge is 2.18. The number of carbonyl (C=O) groups is 1. The second-order valence-corrected chi connectivity index (χ2v) is 6.24. The van der Waals surface area contributed by atoms with E-state index in [-0.39, 0.29) is 30.5 Å². The molecule has 9 nitrogen and oxygen atoms in total. The number of carbonyl (C=O) groups excluding carboxylic acids is 1. The summed E-state index contributed by atoms with van der Waals surface area (Å²) in [6.45, 7) is 1.72. The van der Waals surface area contributed by atoms with Crippen molar-refractivity contribution in [1.82, 2.24) is 25.6 Å². The summed E-state index contributed by atoms with van der Waals surface area (Å²) in [6, 6.07) is 8.66. The maximum atomic E-state index is 13.0. The number of hydrogen-bond donors (Lipinski definition) is 1. The van der Waals surface area contributed by atoms with E-state index < -0.39 is 6.04 Å². The molecule has 1 aromatic carbocycles. The van der Waals surface area contributed by atoms with E-state index in [9.17, 15) is 9.18 Å². The van der Waals surface area contributed by atoms with Gasteiger partial charge in [0.05, 0.1) is 6.26 Å². The van der Waals surface area contributed by atoms with Crippen LogP contribution in [-0.2, 0) is 11.2 Å². The molecule has 4 aromatic rings. The topological polar surface area (TPSA) is 120 Å². The third-order valence-electron chi connectivity index (χ3n) is 4.07. The minimum absolute atomic E-state index is 0.142. The van der Waals surface area contributed by atoms with Crippen LogP contribution >= 0.6 is 0 Å². The summed E-state index contributed by atoms with van der Waals surface area (Å²) < 4.78 is 28.5. The Balaban J connectivity index is 1.31. The molecule has 0 radical (unpaired) electrons. The number of amides is 1. The van der Waals surface area contributed by atoms with Gasteiger partial charge in [0.1, 0.15) is 11.9 Å². The van der Waals surface area contributed by atoms with E-state index in [0.29, 0.717) is 28.9 Å². The van der Waals surface area contributed by atoms with Gasteiger partial charge in [-0.3, -0.25) is 4.79 Å². The van der Waals surface area contributed by atoms with Crippen LogP contribution in [0.4, 0.5) is 4.39 Å². The van der Waals surface area contributed by atoms with Gasteiger partial charge in [0.25, 0.3) is 0 Å². The molecule has 1 N–H and O–H groups in total. The van der Waals surface area contributed by atoms with E-state index in [4.69, 9.17) is 13.5 Å². The van der Waals surface area contributed by atoms with Crippen molar-refractivity contribution in [3.05, 3.63) is 60.3 Å². The monoisotopic (exact) mass is 397 g/mol. The quantitative estimate of drug-likeness (QED) is 0.504. The maximum absolute atomic E-state index is 13.0. The number of aryl methyl sites for hydroxylation is 1. The van der Waals surface area contributed by atoms with Crippen molar-refractivity contribution in [2.45, 2.75) is 25.8 Å². The molecular formula is C19H16FN5O4. The molecule has 3 heterocycles. The number of rotatable bonds is 7. The fraction of sp³-hybridized carbons (Fsp3) is 0.211. The number of nitrogens with one attached hydrogen (secondary N) is 1. The number of hydrogen-bond acceptors (Lipinski definition) is 8. The van der Waals surface area contributed by atoms with E-state index >= 15 is 0 Å². The zero-order valence-corrected chi connectivity index (χ0v) is 15.3. The number of aromatic nitrogens is 4. The zero-order valence-electron chi connectivity index (χ0n) is 15.3. The van der Waals surface area contributed by atoms with Gasteiger partial charge >= 0.3 is 0 Å². The van der Waals surface area contributed by atoms with E-state index in [0.717, 1.165) is 0 Å². The molecule has 0 aliphatic carbocycles. The van der Waals surface area contributed by atoms with Gasteiger partial charge in [-0.25, -0.2) is 4.39 Å². The summed E-state index contributed by atoms with van der Waals surface area (Å²) in [5, 5.41) is 10.4. The van der Waals surface area contributed by atoms with Crippen LogP contribution in [0, 0.1) is 5.82 Å². The molecule has 4 rings (SSSR count). The molecule has 0 fully saturated rings. The molecule has 3 aromatic heterocycles. The van der Waals surface area contributed by atoms with Crippen molar-refractivity contribution >= 4 is 5.91 Å². The summed E-state index contributed by atoms with van der Waals surface area (Å²) >= 11 is 0. The van der Waals surface area contributed by atoms with Gasteiger partial charge in [-0.15, -0.1) is 0 Å². The summed E-state index contributed by atoms with van der Waals surface area (Å²) in [5.74, 6) is 1.13. The molecule has 10 heteroatoms. The molecule has 0 spiro atoms. The first-order valence-corrected chi connectivity index (χ1v) is 8.84. The lowest BCUT2D eigenvalue weighted by molar-refractivity contribution is -0.121. The van der Waals surface area contributed by atoms with E-state index in [2.05, 4.69) is 25.6 Å². The van der Waals surface area contributed by atoms with Crippen LogP contribution in [0.15, 0.2) is 56.1 Å². The van der Waals surface area contributed by atoms with Crippen molar-refractivity contribution in [3.63, 3.8) is 0 Å². The molecule has 1 unspecified atom stereocenters. The molecule has 0 saturated carbocycles. The van der Waals surface area contributed by atoms with Gasteiger partial charge in [0, 0.05) is 18.4 Å². The number of halogens is 1. The second-order valence-electron chi connectivity index (χ2n) is 6.24. The first kappa shape index (κ1) is 18.5. The predicted octanol–water partition coefficient (Wildman–Crippen LogP) is 3.33. The van der Waals surface area contributed by atoms with Crippen LogP contribution in [0.1, 0.15) is 31.2 Å². The largest absolute Gasteiger partial charge is 0.461 e. The minimum Gasteiger partial charge on any atom is -0.461 e. The number of benzene rings is 1. The fourth-order valence-electron chi connectivity index (χ4n) is 2.59. The van der Waals surface area contributed by atoms with Gasteiger partial charge < -0.3 is 18.8 Å². The molecule has 0 aliphatic heterocycles. The Morgan fingerprint density at radius 1 is 1.10 bits per heavy atom. The highest BCUT2D eigenvalue weighted by molar-refractivity contribution is 5.76. The van der Waals surface area contributed by atoms with Crippen LogP contribution < -0.4 is 5.32 Å². The van der Waals surface area contributed by atoms with Crippen LogP contribution in [0.5, 0.6) is 0 Å². The summed E-state index contributed by atoms with van der Waals surface area (Å²) in [4.78, 5) is 20.6. The minimum atomic E-state index is -0.495. The van der Waals surface area contributed by atoms with Crippen molar-refractivity contribution < 1.29 is 22.6 Å². The average Bonchev–Trinajstić information content (AvgIpc) is 3.48. The first-order chi connectivity index (χ1) is 14.1. The van der Waals surface area contributed by atoms with Crippen LogP contribution in [-0.4, -0.2) is 26.2 Å². The third-order valence-corrected chi connectivity index (χ3v) is 4.07. The standard InChI is InChI=1S/C19H16FN5O4/c1-11(19-23-17(24-29-19)12-4-6-13(20)7-5-12)21-15(26)8-9-16-22-18(25-28-16)14-3-2-10-27-14/h2-7,10-11H,8-9H2,1H3,(H,21,26). The Hall–Kier alpha value is -3.82. The Morgan fingerprint density at radius 2 is 1.90 bits per heavy atom. The highest BCUT2D eigenvalue weighted by atomic mass is 19.1. The SMILES string of the molecule is CC(NC(=O)CCc1nc(-c2ccco2)no1)c1nc(-c2ccc(F)cc2)no1. The summed E-state index contributed by atoms with van der Waals surface area (Å²) in [6.07, 6.45) is 1.93. The molecule has 29 heavy (non-hydrogen) atoms. The van der Waals surface area contributed by atoms with Gasteiger partial charge in [-0.1, -0.05) is 10.3 Å². The van der Waals surface area contributed by atoms with E-state index in [1.54, 1.807) is 31.2 Å². The van der Waals surface area contributed by atoms with Gasteiger partial charge in [-0.05, 0) is 43.3 Å². The van der Waals surface area contributed by atoms with Crippen LogP contribution in [0.25, 0.3) is 23.0 Å². The van der Waals surface area contributed by atoms with Crippen molar-refractivity contribution in [3.8, 4) is 23.0 Å². The lowest BCUT2D eigenvalue weighted by Gasteiger charge is -2.08. The first-order valence-electron chi connectivity index (χ1n) is 8.84. The van der Waals surface area contributed by atoms with Crippen LogP contribution in [0.2, 0.25) is 0 Å². The fourth-order valence-corrected chi connectivity index (χ4v) is 2.59. The smallest absolute Gasteiger partial charge is 0.249 e. The van der Waals surface area contributed by atoms with Crippen LogP contribution in [0.3, 0.4) is 0 Å².